The van der Waals surface area contributed by atoms with Crippen LogP contribution >= 0.6 is 0 Å². The molecule has 0 N–H and O–H groups in total. The fourth-order valence-electron chi connectivity index (χ4n) is 9.93. The average molecular weight is 701 g/mol. The molecule has 1 unspecified atom stereocenters. The topological polar surface area (TPSA) is 9.23 Å². The zero-order valence-corrected chi connectivity index (χ0v) is 30.2. The van der Waals surface area contributed by atoms with Gasteiger partial charge in [-0.2, -0.15) is 0 Å². The molecule has 9 aromatic rings. The van der Waals surface area contributed by atoms with Gasteiger partial charge in [0.05, 0.1) is 10.8 Å². The lowest BCUT2D eigenvalue weighted by molar-refractivity contribution is 0.434. The predicted octanol–water partition coefficient (Wildman–Crippen LogP) is 13.4. The highest BCUT2D eigenvalue weighted by Gasteiger charge is 2.49. The normalized spacial score (nSPS) is 16.0. The number of rotatable bonds is 5. The molecule has 1 nitrogen and oxygen atoms in total. The van der Waals surface area contributed by atoms with Gasteiger partial charge in [0, 0.05) is 11.1 Å². The minimum absolute atomic E-state index is 0.567. The van der Waals surface area contributed by atoms with Crippen LogP contribution in [0.4, 0.5) is 0 Å². The van der Waals surface area contributed by atoms with Gasteiger partial charge in [0.1, 0.15) is 11.5 Å². The lowest BCUT2D eigenvalue weighted by Gasteiger charge is -2.42. The van der Waals surface area contributed by atoms with Crippen LogP contribution < -0.4 is 4.74 Å². The van der Waals surface area contributed by atoms with Crippen molar-refractivity contribution >= 4 is 10.8 Å². The molecule has 0 fully saturated rings. The molecule has 0 saturated heterocycles. The van der Waals surface area contributed by atoms with Crippen LogP contribution in [0.15, 0.2) is 218 Å². The van der Waals surface area contributed by atoms with Gasteiger partial charge in [-0.25, -0.2) is 0 Å². The molecule has 0 amide bonds. The van der Waals surface area contributed by atoms with Gasteiger partial charge in [-0.1, -0.05) is 200 Å². The van der Waals surface area contributed by atoms with E-state index in [2.05, 4.69) is 218 Å². The number of fused-ring (bicyclic) bond motifs is 7. The zero-order chi connectivity index (χ0) is 36.4. The third kappa shape index (κ3) is 4.41. The van der Waals surface area contributed by atoms with E-state index < -0.39 is 10.8 Å². The van der Waals surface area contributed by atoms with Crippen LogP contribution in [-0.4, -0.2) is 0 Å². The van der Waals surface area contributed by atoms with Gasteiger partial charge >= 0.3 is 0 Å². The molecule has 55 heavy (non-hydrogen) atoms. The van der Waals surface area contributed by atoms with Crippen LogP contribution in [0.5, 0.6) is 11.5 Å². The van der Waals surface area contributed by atoms with E-state index in [0.29, 0.717) is 0 Å². The molecular formula is C54H36O. The van der Waals surface area contributed by atoms with Crippen molar-refractivity contribution in [2.45, 2.75) is 10.8 Å². The van der Waals surface area contributed by atoms with Gasteiger partial charge in [0.15, 0.2) is 0 Å². The second kappa shape index (κ2) is 12.3. The van der Waals surface area contributed by atoms with Crippen molar-refractivity contribution in [2.24, 2.45) is 0 Å². The fraction of sp³-hybridized carbons (Fsp3) is 0.0370. The predicted molar refractivity (Wildman–Crippen MR) is 225 cm³/mol. The molecule has 2 aliphatic rings. The van der Waals surface area contributed by atoms with Crippen molar-refractivity contribution in [3.63, 3.8) is 0 Å². The summed E-state index contributed by atoms with van der Waals surface area (Å²) in [5.41, 5.74) is 13.6. The van der Waals surface area contributed by atoms with Crippen molar-refractivity contribution in [1.29, 1.82) is 0 Å². The first-order valence-electron chi connectivity index (χ1n) is 19.1. The van der Waals surface area contributed by atoms with Crippen LogP contribution in [0, 0.1) is 0 Å². The molecule has 1 aliphatic heterocycles. The number of hydrogen-bond acceptors (Lipinski definition) is 1. The molecule has 9 aromatic carbocycles. The van der Waals surface area contributed by atoms with E-state index in [0.717, 1.165) is 28.2 Å². The van der Waals surface area contributed by atoms with Crippen molar-refractivity contribution in [3.8, 4) is 33.8 Å². The van der Waals surface area contributed by atoms with E-state index >= 15 is 0 Å². The van der Waals surface area contributed by atoms with E-state index in [-0.39, 0.29) is 0 Å². The van der Waals surface area contributed by atoms with Crippen LogP contribution in [0.3, 0.4) is 0 Å². The Morgan fingerprint density at radius 2 is 0.818 bits per heavy atom. The maximum absolute atomic E-state index is 6.82. The molecule has 0 spiro atoms. The first-order valence-corrected chi connectivity index (χ1v) is 19.1. The van der Waals surface area contributed by atoms with E-state index in [1.807, 2.05) is 0 Å². The summed E-state index contributed by atoms with van der Waals surface area (Å²) in [4.78, 5) is 0. The van der Waals surface area contributed by atoms with Crippen LogP contribution in [0.2, 0.25) is 0 Å². The largest absolute Gasteiger partial charge is 0.457 e. The maximum atomic E-state index is 6.82. The molecule has 1 heteroatoms. The highest BCUT2D eigenvalue weighted by atomic mass is 16.5. The summed E-state index contributed by atoms with van der Waals surface area (Å²) in [7, 11) is 0. The van der Waals surface area contributed by atoms with E-state index in [4.69, 9.17) is 4.74 Å². The Balaban J connectivity index is 1.23. The summed E-state index contributed by atoms with van der Waals surface area (Å²) < 4.78 is 6.82. The van der Waals surface area contributed by atoms with Crippen LogP contribution in [0.1, 0.15) is 44.5 Å². The highest BCUT2D eigenvalue weighted by Crippen LogP contribution is 2.60. The fourth-order valence-corrected chi connectivity index (χ4v) is 9.93. The summed E-state index contributed by atoms with van der Waals surface area (Å²) in [6.45, 7) is 0. The number of benzene rings is 9. The molecule has 0 aromatic heterocycles. The smallest absolute Gasteiger partial charge is 0.132 e. The van der Waals surface area contributed by atoms with Crippen molar-refractivity contribution in [3.05, 3.63) is 263 Å². The summed E-state index contributed by atoms with van der Waals surface area (Å²) in [6, 6.07) is 80.0. The Morgan fingerprint density at radius 1 is 0.309 bits per heavy atom. The molecule has 0 radical (unpaired) electrons. The second-order valence-electron chi connectivity index (χ2n) is 14.7. The molecule has 258 valence electrons. The highest BCUT2D eigenvalue weighted by molar-refractivity contribution is 6.04. The Hall–Kier alpha value is -6.96. The first kappa shape index (κ1) is 31.6. The summed E-state index contributed by atoms with van der Waals surface area (Å²) in [5.74, 6) is 1.75. The van der Waals surface area contributed by atoms with E-state index in [9.17, 15) is 0 Å². The zero-order valence-electron chi connectivity index (χ0n) is 30.2. The SMILES string of the molecule is c1ccc(C2(c3ccccc3)c3ccccc3Oc3ccc(-c4ccccc4C4(c5ccccc5)c5ccccc5-c5c4ccc4ccccc54)cc32)cc1. The first-order chi connectivity index (χ1) is 27.3. The third-order valence-corrected chi connectivity index (χ3v) is 12.1. The lowest BCUT2D eigenvalue weighted by atomic mass is 9.63. The molecular weight excluding hydrogens is 665 g/mol. The molecule has 11 rings (SSSR count). The Labute approximate surface area is 321 Å². The maximum Gasteiger partial charge on any atom is 0.132 e. The molecule has 1 heterocycles. The van der Waals surface area contributed by atoms with Crippen LogP contribution in [-0.2, 0) is 10.8 Å². The molecule has 0 saturated carbocycles. The van der Waals surface area contributed by atoms with E-state index in [1.54, 1.807) is 0 Å². The van der Waals surface area contributed by atoms with Gasteiger partial charge in [0.2, 0.25) is 0 Å². The Bertz CT molecular complexity index is 2850. The Kier molecular flexibility index (Phi) is 7.06. The lowest BCUT2D eigenvalue weighted by Crippen LogP contribution is -2.34. The number of para-hydroxylation sites is 1. The quantitative estimate of drug-likeness (QED) is 0.174. The second-order valence-corrected chi connectivity index (χ2v) is 14.7. The van der Waals surface area contributed by atoms with Crippen molar-refractivity contribution in [1.82, 2.24) is 0 Å². The summed E-state index contributed by atoms with van der Waals surface area (Å²) in [6.07, 6.45) is 0. The van der Waals surface area contributed by atoms with Crippen molar-refractivity contribution < 1.29 is 4.74 Å². The average Bonchev–Trinajstić information content (AvgIpc) is 3.58. The van der Waals surface area contributed by atoms with Crippen molar-refractivity contribution in [2.75, 3.05) is 0 Å². The standard InChI is InChI=1S/C54H36O/c1-4-19-39(20-5-1)53(40-21-6-2-7-22-40)47-30-16-17-31-50(47)55-51-35-33-38(36-49(51)53)42-25-12-14-28-45(42)54(41-23-8-3-9-24-41)46-29-15-13-27-44(46)52-43-26-11-10-18-37(43)32-34-48(52)54/h1-36H. The van der Waals surface area contributed by atoms with Gasteiger partial charge < -0.3 is 4.74 Å². The monoisotopic (exact) mass is 700 g/mol. The molecule has 1 atom stereocenters. The molecule has 1 aliphatic carbocycles. The van der Waals surface area contributed by atoms with E-state index in [1.165, 1.54) is 60.8 Å². The van der Waals surface area contributed by atoms with Gasteiger partial charge in [-0.3, -0.25) is 0 Å². The third-order valence-electron chi connectivity index (χ3n) is 12.1. The van der Waals surface area contributed by atoms with Gasteiger partial charge in [-0.05, 0) is 84.6 Å². The van der Waals surface area contributed by atoms with Gasteiger partial charge in [0.25, 0.3) is 0 Å². The molecule has 0 bridgehead atoms. The van der Waals surface area contributed by atoms with Gasteiger partial charge in [-0.15, -0.1) is 0 Å². The Morgan fingerprint density at radius 3 is 1.51 bits per heavy atom. The summed E-state index contributed by atoms with van der Waals surface area (Å²) >= 11 is 0. The number of ether oxygens (including phenoxy) is 1. The minimum Gasteiger partial charge on any atom is -0.457 e. The summed E-state index contributed by atoms with van der Waals surface area (Å²) in [5, 5.41) is 2.53. The van der Waals surface area contributed by atoms with Crippen LogP contribution in [0.25, 0.3) is 33.0 Å². The number of hydrogen-bond donors (Lipinski definition) is 0. The minimum atomic E-state index is -0.611.